The van der Waals surface area contributed by atoms with E-state index in [0.717, 1.165) is 16.2 Å². The summed E-state index contributed by atoms with van der Waals surface area (Å²) < 4.78 is 5.13. The van der Waals surface area contributed by atoms with Crippen molar-refractivity contribution in [2.45, 2.75) is 31.7 Å². The molecule has 2 rings (SSSR count). The van der Waals surface area contributed by atoms with Crippen LogP contribution in [0, 0.1) is 13.8 Å². The molecule has 0 unspecified atom stereocenters. The lowest BCUT2D eigenvalue weighted by molar-refractivity contribution is -0.119. The Bertz CT molecular complexity index is 668. The van der Waals surface area contributed by atoms with Gasteiger partial charge in [-0.2, -0.15) is 0 Å². The highest BCUT2D eigenvalue weighted by atomic mass is 32.2. The molecular formula is C19H23NO2S. The van der Waals surface area contributed by atoms with E-state index in [1.54, 1.807) is 7.11 Å². The number of thioether (sulfide) groups is 1. The van der Waals surface area contributed by atoms with Crippen LogP contribution in [0.1, 0.15) is 29.7 Å². The molecule has 0 radical (unpaired) electrons. The number of carbonyl (C=O) groups excluding carboxylic acids is 1. The van der Waals surface area contributed by atoms with Gasteiger partial charge in [-0.15, -0.1) is 11.8 Å². The molecular weight excluding hydrogens is 306 g/mol. The molecule has 2 aromatic rings. The minimum Gasteiger partial charge on any atom is -0.497 e. The molecule has 0 saturated heterocycles. The monoisotopic (exact) mass is 329 g/mol. The van der Waals surface area contributed by atoms with Crippen LogP contribution in [-0.4, -0.2) is 18.8 Å². The second-order valence-electron chi connectivity index (χ2n) is 5.60. The lowest BCUT2D eigenvalue weighted by Crippen LogP contribution is -2.28. The third kappa shape index (κ3) is 5.03. The number of hydrogen-bond acceptors (Lipinski definition) is 3. The molecule has 0 aliphatic carbocycles. The number of ether oxygens (including phenoxy) is 1. The van der Waals surface area contributed by atoms with E-state index in [4.69, 9.17) is 4.74 Å². The molecule has 1 N–H and O–H groups in total. The molecule has 0 fully saturated rings. The van der Waals surface area contributed by atoms with Crippen molar-refractivity contribution in [1.29, 1.82) is 0 Å². The van der Waals surface area contributed by atoms with Gasteiger partial charge in [0, 0.05) is 4.90 Å². The Kier molecular flexibility index (Phi) is 6.11. The van der Waals surface area contributed by atoms with Crippen molar-refractivity contribution >= 4 is 17.7 Å². The van der Waals surface area contributed by atoms with E-state index in [1.807, 2.05) is 31.2 Å². The van der Waals surface area contributed by atoms with Crippen LogP contribution in [-0.2, 0) is 4.79 Å². The quantitative estimate of drug-likeness (QED) is 0.804. The van der Waals surface area contributed by atoms with Crippen LogP contribution in [0.15, 0.2) is 47.4 Å². The summed E-state index contributed by atoms with van der Waals surface area (Å²) in [5.41, 5.74) is 3.65. The molecule has 0 spiro atoms. The van der Waals surface area contributed by atoms with Crippen molar-refractivity contribution in [3.05, 3.63) is 59.2 Å². The van der Waals surface area contributed by atoms with Crippen LogP contribution in [0.25, 0.3) is 0 Å². The van der Waals surface area contributed by atoms with Gasteiger partial charge in [0.05, 0.1) is 18.9 Å². The Balaban J connectivity index is 1.86. The van der Waals surface area contributed by atoms with E-state index in [1.165, 1.54) is 22.9 Å². The fourth-order valence-corrected chi connectivity index (χ4v) is 2.93. The minimum atomic E-state index is 0.0123. The lowest BCUT2D eigenvalue weighted by Gasteiger charge is -2.15. The van der Waals surface area contributed by atoms with Gasteiger partial charge in [-0.3, -0.25) is 4.79 Å². The SMILES string of the molecule is COc1ccc(SCC(=O)N[C@H](C)c2ccc(C)c(C)c2)cc1. The van der Waals surface area contributed by atoms with Crippen LogP contribution < -0.4 is 10.1 Å². The number of amides is 1. The Morgan fingerprint density at radius 2 is 1.83 bits per heavy atom. The third-order valence-electron chi connectivity index (χ3n) is 3.84. The number of nitrogens with one attached hydrogen (secondary N) is 1. The number of methoxy groups -OCH3 is 1. The molecule has 0 bridgehead atoms. The molecule has 4 heteroatoms. The van der Waals surface area contributed by atoms with Crippen molar-refractivity contribution in [2.75, 3.05) is 12.9 Å². The van der Waals surface area contributed by atoms with Crippen molar-refractivity contribution in [2.24, 2.45) is 0 Å². The van der Waals surface area contributed by atoms with Gasteiger partial charge < -0.3 is 10.1 Å². The second-order valence-corrected chi connectivity index (χ2v) is 6.65. The first-order valence-electron chi connectivity index (χ1n) is 7.63. The summed E-state index contributed by atoms with van der Waals surface area (Å²) in [7, 11) is 1.64. The molecule has 0 saturated carbocycles. The van der Waals surface area contributed by atoms with E-state index in [0.29, 0.717) is 5.75 Å². The summed E-state index contributed by atoms with van der Waals surface area (Å²) in [6.45, 7) is 6.20. The fraction of sp³-hybridized carbons (Fsp3) is 0.316. The zero-order valence-corrected chi connectivity index (χ0v) is 14.9. The van der Waals surface area contributed by atoms with Gasteiger partial charge in [0.1, 0.15) is 5.75 Å². The first-order chi connectivity index (χ1) is 11.0. The summed E-state index contributed by atoms with van der Waals surface area (Å²) >= 11 is 1.52. The van der Waals surface area contributed by atoms with Crippen molar-refractivity contribution in [1.82, 2.24) is 5.32 Å². The number of carbonyl (C=O) groups is 1. The molecule has 0 aliphatic heterocycles. The maximum atomic E-state index is 12.1. The molecule has 0 aliphatic rings. The van der Waals surface area contributed by atoms with E-state index in [2.05, 4.69) is 37.4 Å². The topological polar surface area (TPSA) is 38.3 Å². The second kappa shape index (κ2) is 8.06. The molecule has 0 aromatic heterocycles. The van der Waals surface area contributed by atoms with Gasteiger partial charge in [-0.25, -0.2) is 0 Å². The van der Waals surface area contributed by atoms with Crippen LogP contribution in [0.5, 0.6) is 5.75 Å². The first kappa shape index (κ1) is 17.4. The van der Waals surface area contributed by atoms with E-state index in [9.17, 15) is 4.79 Å². The number of hydrogen-bond donors (Lipinski definition) is 1. The highest BCUT2D eigenvalue weighted by molar-refractivity contribution is 8.00. The Morgan fingerprint density at radius 1 is 1.13 bits per heavy atom. The van der Waals surface area contributed by atoms with Crippen molar-refractivity contribution < 1.29 is 9.53 Å². The van der Waals surface area contributed by atoms with Crippen LogP contribution in [0.4, 0.5) is 0 Å². The summed E-state index contributed by atoms with van der Waals surface area (Å²) in [6, 6.07) is 14.0. The predicted octanol–water partition coefficient (Wildman–Crippen LogP) is 4.28. The molecule has 0 heterocycles. The van der Waals surface area contributed by atoms with Gasteiger partial charge in [0.2, 0.25) is 5.91 Å². The van der Waals surface area contributed by atoms with Gasteiger partial charge in [0.15, 0.2) is 0 Å². The number of rotatable bonds is 6. The van der Waals surface area contributed by atoms with Gasteiger partial charge >= 0.3 is 0 Å². The molecule has 1 amide bonds. The Morgan fingerprint density at radius 3 is 2.43 bits per heavy atom. The lowest BCUT2D eigenvalue weighted by atomic mass is 10.0. The standard InChI is InChI=1S/C19H23NO2S/c1-13-5-6-16(11-14(13)2)15(3)20-19(21)12-23-18-9-7-17(22-4)8-10-18/h5-11,15H,12H2,1-4H3,(H,20,21)/t15-/m1/s1. The average Bonchev–Trinajstić information content (AvgIpc) is 2.55. The number of aryl methyl sites for hydroxylation is 2. The highest BCUT2D eigenvalue weighted by Crippen LogP contribution is 2.22. The molecule has 1 atom stereocenters. The molecule has 122 valence electrons. The summed E-state index contributed by atoms with van der Waals surface area (Å²) in [4.78, 5) is 13.2. The molecule has 23 heavy (non-hydrogen) atoms. The first-order valence-corrected chi connectivity index (χ1v) is 8.61. The fourth-order valence-electron chi connectivity index (χ4n) is 2.22. The Labute approximate surface area is 142 Å². The average molecular weight is 329 g/mol. The zero-order chi connectivity index (χ0) is 16.8. The number of benzene rings is 2. The van der Waals surface area contributed by atoms with E-state index >= 15 is 0 Å². The largest absolute Gasteiger partial charge is 0.497 e. The minimum absolute atomic E-state index is 0.0123. The maximum absolute atomic E-state index is 12.1. The van der Waals surface area contributed by atoms with E-state index in [-0.39, 0.29) is 11.9 Å². The van der Waals surface area contributed by atoms with E-state index < -0.39 is 0 Å². The third-order valence-corrected chi connectivity index (χ3v) is 4.85. The maximum Gasteiger partial charge on any atom is 0.230 e. The van der Waals surface area contributed by atoms with Crippen LogP contribution in [0.3, 0.4) is 0 Å². The van der Waals surface area contributed by atoms with Crippen molar-refractivity contribution in [3.8, 4) is 5.75 Å². The normalized spacial score (nSPS) is 11.8. The summed E-state index contributed by atoms with van der Waals surface area (Å²) in [5.74, 6) is 1.26. The van der Waals surface area contributed by atoms with Gasteiger partial charge in [-0.1, -0.05) is 18.2 Å². The Hall–Kier alpha value is -1.94. The molecule has 3 nitrogen and oxygen atoms in total. The highest BCUT2D eigenvalue weighted by Gasteiger charge is 2.10. The summed E-state index contributed by atoms with van der Waals surface area (Å²) in [6.07, 6.45) is 0. The molecule has 2 aromatic carbocycles. The van der Waals surface area contributed by atoms with Crippen LogP contribution in [0.2, 0.25) is 0 Å². The predicted molar refractivity (Wildman–Crippen MR) is 96.2 cm³/mol. The van der Waals surface area contributed by atoms with Gasteiger partial charge in [0.25, 0.3) is 0 Å². The summed E-state index contributed by atoms with van der Waals surface area (Å²) in [5, 5.41) is 3.05. The smallest absolute Gasteiger partial charge is 0.230 e. The van der Waals surface area contributed by atoms with Crippen molar-refractivity contribution in [3.63, 3.8) is 0 Å². The zero-order valence-electron chi connectivity index (χ0n) is 14.1. The van der Waals surface area contributed by atoms with Gasteiger partial charge in [-0.05, 0) is 61.7 Å². The van der Waals surface area contributed by atoms with Crippen LogP contribution >= 0.6 is 11.8 Å².